The fourth-order valence-electron chi connectivity index (χ4n) is 3.10. The summed E-state index contributed by atoms with van der Waals surface area (Å²) in [5.74, 6) is -0.548. The summed E-state index contributed by atoms with van der Waals surface area (Å²) in [5, 5.41) is 4.21. The molecule has 30 heavy (non-hydrogen) atoms. The third-order valence-electron chi connectivity index (χ3n) is 4.59. The first kappa shape index (κ1) is 20.1. The molecule has 0 aliphatic carbocycles. The Morgan fingerprint density at radius 2 is 1.67 bits per heavy atom. The van der Waals surface area contributed by atoms with E-state index in [0.717, 1.165) is 22.9 Å². The fourth-order valence-corrected chi connectivity index (χ4v) is 3.86. The van der Waals surface area contributed by atoms with Crippen molar-refractivity contribution < 1.29 is 17.5 Å². The monoisotopic (exact) mass is 442 g/mol. The van der Waals surface area contributed by atoms with E-state index in [-0.39, 0.29) is 10.6 Å². The SMILES string of the molecule is Cn1nccc1-c1cc(-c2ccccc2)ccc1Oc1ccc(S(=O)(=O)Cl)cc1F. The van der Waals surface area contributed by atoms with E-state index in [1.165, 1.54) is 12.1 Å². The summed E-state index contributed by atoms with van der Waals surface area (Å²) in [6, 6.07) is 20.5. The molecule has 1 heterocycles. The van der Waals surface area contributed by atoms with E-state index in [1.807, 2.05) is 48.5 Å². The lowest BCUT2D eigenvalue weighted by atomic mass is 10.0. The van der Waals surface area contributed by atoms with Crippen molar-refractivity contribution in [2.45, 2.75) is 4.90 Å². The van der Waals surface area contributed by atoms with Crippen LogP contribution in [-0.2, 0) is 16.1 Å². The molecule has 0 N–H and O–H groups in total. The third-order valence-corrected chi connectivity index (χ3v) is 5.94. The van der Waals surface area contributed by atoms with Crippen LogP contribution in [0.4, 0.5) is 4.39 Å². The second kappa shape index (κ2) is 7.93. The Bertz CT molecular complexity index is 1320. The number of ether oxygens (including phenoxy) is 1. The lowest BCUT2D eigenvalue weighted by molar-refractivity contribution is 0.442. The van der Waals surface area contributed by atoms with Crippen LogP contribution in [-0.4, -0.2) is 18.2 Å². The Morgan fingerprint density at radius 1 is 0.933 bits per heavy atom. The van der Waals surface area contributed by atoms with Crippen molar-refractivity contribution in [3.63, 3.8) is 0 Å². The van der Waals surface area contributed by atoms with Crippen molar-refractivity contribution in [2.75, 3.05) is 0 Å². The zero-order valence-corrected chi connectivity index (χ0v) is 17.4. The Labute approximate surface area is 177 Å². The first-order valence-corrected chi connectivity index (χ1v) is 11.2. The summed E-state index contributed by atoms with van der Waals surface area (Å²) in [4.78, 5) is -0.333. The summed E-state index contributed by atoms with van der Waals surface area (Å²) in [7, 11) is 3.05. The van der Waals surface area contributed by atoms with Crippen LogP contribution in [0.5, 0.6) is 11.5 Å². The highest BCUT2D eigenvalue weighted by Gasteiger charge is 2.17. The number of hydrogen-bond acceptors (Lipinski definition) is 4. The Hall–Kier alpha value is -3.16. The Kier molecular flexibility index (Phi) is 5.32. The van der Waals surface area contributed by atoms with Crippen LogP contribution in [0.15, 0.2) is 83.9 Å². The predicted molar refractivity (Wildman–Crippen MR) is 114 cm³/mol. The van der Waals surface area contributed by atoms with Crippen molar-refractivity contribution in [3.05, 3.63) is 84.8 Å². The summed E-state index contributed by atoms with van der Waals surface area (Å²) in [6.45, 7) is 0. The zero-order chi connectivity index (χ0) is 21.3. The van der Waals surface area contributed by atoms with Crippen molar-refractivity contribution in [3.8, 4) is 33.9 Å². The van der Waals surface area contributed by atoms with E-state index in [2.05, 4.69) is 5.10 Å². The maximum Gasteiger partial charge on any atom is 0.261 e. The molecule has 0 saturated carbocycles. The molecular formula is C22H16ClFN2O3S. The topological polar surface area (TPSA) is 61.2 Å². The molecule has 0 amide bonds. The van der Waals surface area contributed by atoms with Crippen LogP contribution in [0.1, 0.15) is 0 Å². The van der Waals surface area contributed by atoms with Crippen molar-refractivity contribution in [1.82, 2.24) is 9.78 Å². The summed E-state index contributed by atoms with van der Waals surface area (Å²) in [6.07, 6.45) is 1.66. The molecule has 0 unspecified atom stereocenters. The van der Waals surface area contributed by atoms with Crippen molar-refractivity contribution in [2.24, 2.45) is 7.05 Å². The minimum absolute atomic E-state index is 0.116. The quantitative estimate of drug-likeness (QED) is 0.377. The molecule has 0 atom stereocenters. The molecule has 0 radical (unpaired) electrons. The second-order valence-electron chi connectivity index (χ2n) is 6.55. The highest BCUT2D eigenvalue weighted by Crippen LogP contribution is 2.37. The van der Waals surface area contributed by atoms with Gasteiger partial charge in [0, 0.05) is 29.5 Å². The van der Waals surface area contributed by atoms with Gasteiger partial charge in [0.2, 0.25) is 0 Å². The average Bonchev–Trinajstić information content (AvgIpc) is 3.15. The normalized spacial score (nSPS) is 11.4. The zero-order valence-electron chi connectivity index (χ0n) is 15.8. The van der Waals surface area contributed by atoms with Gasteiger partial charge >= 0.3 is 0 Å². The average molecular weight is 443 g/mol. The molecule has 3 aromatic carbocycles. The van der Waals surface area contributed by atoms with Gasteiger partial charge in [-0.15, -0.1) is 0 Å². The minimum atomic E-state index is -4.04. The highest BCUT2D eigenvalue weighted by atomic mass is 35.7. The van der Waals surface area contributed by atoms with Gasteiger partial charge in [-0.05, 0) is 47.5 Å². The molecule has 0 aliphatic heterocycles. The van der Waals surface area contributed by atoms with Crippen LogP contribution < -0.4 is 4.74 Å². The number of halogens is 2. The lowest BCUT2D eigenvalue weighted by Gasteiger charge is -2.14. The fraction of sp³-hybridized carbons (Fsp3) is 0.0455. The van der Waals surface area contributed by atoms with Crippen LogP contribution >= 0.6 is 10.7 Å². The third kappa shape index (κ3) is 4.08. The molecule has 8 heteroatoms. The maximum absolute atomic E-state index is 14.5. The van der Waals surface area contributed by atoms with Gasteiger partial charge in [0.25, 0.3) is 9.05 Å². The lowest BCUT2D eigenvalue weighted by Crippen LogP contribution is -1.98. The van der Waals surface area contributed by atoms with E-state index in [0.29, 0.717) is 11.3 Å². The number of rotatable bonds is 5. The summed E-state index contributed by atoms with van der Waals surface area (Å²) in [5.41, 5.74) is 3.48. The molecule has 5 nitrogen and oxygen atoms in total. The Morgan fingerprint density at radius 3 is 2.30 bits per heavy atom. The highest BCUT2D eigenvalue weighted by molar-refractivity contribution is 8.13. The molecule has 0 aliphatic rings. The van der Waals surface area contributed by atoms with Gasteiger partial charge in [-0.25, -0.2) is 12.8 Å². The number of hydrogen-bond donors (Lipinski definition) is 0. The van der Waals surface area contributed by atoms with Gasteiger partial charge in [0.05, 0.1) is 10.6 Å². The maximum atomic E-state index is 14.5. The molecule has 0 fully saturated rings. The van der Waals surface area contributed by atoms with Gasteiger partial charge in [-0.2, -0.15) is 5.10 Å². The van der Waals surface area contributed by atoms with Gasteiger partial charge in [-0.1, -0.05) is 36.4 Å². The first-order valence-electron chi connectivity index (χ1n) is 8.93. The largest absolute Gasteiger partial charge is 0.454 e. The molecular weight excluding hydrogens is 427 g/mol. The molecule has 0 spiro atoms. The van der Waals surface area contributed by atoms with Crippen molar-refractivity contribution >= 4 is 19.7 Å². The number of nitrogens with zero attached hydrogens (tertiary/aromatic N) is 2. The number of benzene rings is 3. The van der Waals surface area contributed by atoms with Gasteiger partial charge in [-0.3, -0.25) is 4.68 Å². The van der Waals surface area contributed by atoms with Gasteiger partial charge < -0.3 is 4.74 Å². The number of aryl methyl sites for hydroxylation is 1. The molecule has 4 rings (SSSR count). The van der Waals surface area contributed by atoms with Crippen LogP contribution in [0.3, 0.4) is 0 Å². The predicted octanol–water partition coefficient (Wildman–Crippen LogP) is 5.61. The van der Waals surface area contributed by atoms with E-state index >= 15 is 0 Å². The first-order chi connectivity index (χ1) is 14.3. The van der Waals surface area contributed by atoms with Gasteiger partial charge in [0.15, 0.2) is 11.6 Å². The molecule has 0 bridgehead atoms. The number of aromatic nitrogens is 2. The smallest absolute Gasteiger partial charge is 0.261 e. The van der Waals surface area contributed by atoms with Crippen LogP contribution in [0, 0.1) is 5.82 Å². The summed E-state index contributed by atoms with van der Waals surface area (Å²) < 4.78 is 44.9. The van der Waals surface area contributed by atoms with E-state index in [9.17, 15) is 12.8 Å². The Balaban J connectivity index is 1.79. The minimum Gasteiger partial charge on any atom is -0.454 e. The van der Waals surface area contributed by atoms with E-state index in [4.69, 9.17) is 15.4 Å². The molecule has 152 valence electrons. The molecule has 1 aromatic heterocycles. The molecule has 0 saturated heterocycles. The standard InChI is InChI=1S/C22H16ClFN2O3S/c1-26-20(11-12-25-26)18-13-16(15-5-3-2-4-6-15)7-9-21(18)29-22-10-8-17(14-19(22)24)30(23,27)28/h2-14H,1H3. The van der Waals surface area contributed by atoms with Crippen molar-refractivity contribution in [1.29, 1.82) is 0 Å². The molecule has 4 aromatic rings. The van der Waals surface area contributed by atoms with Crippen LogP contribution in [0.25, 0.3) is 22.4 Å². The van der Waals surface area contributed by atoms with E-state index in [1.54, 1.807) is 24.0 Å². The summed E-state index contributed by atoms with van der Waals surface area (Å²) >= 11 is 0. The van der Waals surface area contributed by atoms with E-state index < -0.39 is 14.9 Å². The van der Waals surface area contributed by atoms with Gasteiger partial charge in [0.1, 0.15) is 5.75 Å². The second-order valence-corrected chi connectivity index (χ2v) is 9.12. The van der Waals surface area contributed by atoms with Crippen LogP contribution in [0.2, 0.25) is 0 Å².